The van der Waals surface area contributed by atoms with Gasteiger partial charge in [0.05, 0.1) is 11.4 Å². The van der Waals surface area contributed by atoms with Gasteiger partial charge < -0.3 is 10.6 Å². The molecule has 0 atom stereocenters. The van der Waals surface area contributed by atoms with Crippen molar-refractivity contribution in [1.82, 2.24) is 19.7 Å². The monoisotopic (exact) mass is 288 g/mol. The first-order valence-corrected chi connectivity index (χ1v) is 7.20. The lowest BCUT2D eigenvalue weighted by molar-refractivity contribution is 0.547. The van der Waals surface area contributed by atoms with Gasteiger partial charge in [-0.25, -0.2) is 9.97 Å². The van der Waals surface area contributed by atoms with Crippen LogP contribution < -0.4 is 10.6 Å². The van der Waals surface area contributed by atoms with Crippen LogP contribution in [-0.2, 0) is 12.5 Å². The van der Waals surface area contributed by atoms with Crippen LogP contribution in [0.1, 0.15) is 39.2 Å². The molecule has 0 spiro atoms. The molecule has 0 aromatic carbocycles. The molecule has 0 saturated heterocycles. The predicted molar refractivity (Wildman–Crippen MR) is 86.1 cm³/mol. The Kier molecular flexibility index (Phi) is 4.16. The summed E-state index contributed by atoms with van der Waals surface area (Å²) in [7, 11) is 1.91. The number of anilines is 3. The molecule has 0 fully saturated rings. The SMILES string of the molecule is CCNc1cc(Nc2cn(C)nc2C)nc(C(C)(C)C)n1. The molecule has 2 heterocycles. The van der Waals surface area contributed by atoms with Gasteiger partial charge in [0.15, 0.2) is 0 Å². The van der Waals surface area contributed by atoms with E-state index in [0.717, 1.165) is 35.4 Å². The second-order valence-electron chi connectivity index (χ2n) is 6.17. The fourth-order valence-corrected chi connectivity index (χ4v) is 1.98. The summed E-state index contributed by atoms with van der Waals surface area (Å²) >= 11 is 0. The van der Waals surface area contributed by atoms with Gasteiger partial charge >= 0.3 is 0 Å². The van der Waals surface area contributed by atoms with E-state index >= 15 is 0 Å². The van der Waals surface area contributed by atoms with Crippen molar-refractivity contribution in [3.05, 3.63) is 23.8 Å². The maximum absolute atomic E-state index is 4.63. The molecule has 0 amide bonds. The summed E-state index contributed by atoms with van der Waals surface area (Å²) in [5.41, 5.74) is 1.79. The largest absolute Gasteiger partial charge is 0.370 e. The molecule has 2 N–H and O–H groups in total. The number of rotatable bonds is 4. The number of nitrogens with zero attached hydrogens (tertiary/aromatic N) is 4. The van der Waals surface area contributed by atoms with Crippen molar-refractivity contribution in [2.24, 2.45) is 7.05 Å². The summed E-state index contributed by atoms with van der Waals surface area (Å²) in [4.78, 5) is 9.21. The topological polar surface area (TPSA) is 67.7 Å². The van der Waals surface area contributed by atoms with Crippen LogP contribution in [0.2, 0.25) is 0 Å². The number of nitrogens with one attached hydrogen (secondary N) is 2. The molecule has 6 nitrogen and oxygen atoms in total. The zero-order valence-corrected chi connectivity index (χ0v) is 13.7. The smallest absolute Gasteiger partial charge is 0.138 e. The Labute approximate surface area is 126 Å². The Morgan fingerprint density at radius 1 is 1.19 bits per heavy atom. The van der Waals surface area contributed by atoms with Crippen LogP contribution in [-0.4, -0.2) is 26.3 Å². The molecule has 0 aliphatic rings. The van der Waals surface area contributed by atoms with Crippen LogP contribution in [0.25, 0.3) is 0 Å². The maximum Gasteiger partial charge on any atom is 0.138 e. The zero-order valence-electron chi connectivity index (χ0n) is 13.7. The molecule has 0 aliphatic carbocycles. The second kappa shape index (κ2) is 5.71. The van der Waals surface area contributed by atoms with Crippen molar-refractivity contribution in [1.29, 1.82) is 0 Å². The van der Waals surface area contributed by atoms with Crippen molar-refractivity contribution in [2.45, 2.75) is 40.0 Å². The Morgan fingerprint density at radius 3 is 2.38 bits per heavy atom. The van der Waals surface area contributed by atoms with Gasteiger partial charge in [-0.05, 0) is 13.8 Å². The van der Waals surface area contributed by atoms with Gasteiger partial charge in [0.1, 0.15) is 17.5 Å². The molecular weight excluding hydrogens is 264 g/mol. The maximum atomic E-state index is 4.63. The van der Waals surface area contributed by atoms with E-state index < -0.39 is 0 Å². The highest BCUT2D eigenvalue weighted by Crippen LogP contribution is 2.24. The fraction of sp³-hybridized carbons (Fsp3) is 0.533. The molecular formula is C15H24N6. The quantitative estimate of drug-likeness (QED) is 0.905. The molecule has 21 heavy (non-hydrogen) atoms. The lowest BCUT2D eigenvalue weighted by atomic mass is 9.96. The van der Waals surface area contributed by atoms with Crippen molar-refractivity contribution < 1.29 is 0 Å². The van der Waals surface area contributed by atoms with E-state index in [1.165, 1.54) is 0 Å². The summed E-state index contributed by atoms with van der Waals surface area (Å²) in [5, 5.41) is 10.9. The van der Waals surface area contributed by atoms with E-state index in [4.69, 9.17) is 0 Å². The third-order valence-electron chi connectivity index (χ3n) is 3.03. The Hall–Kier alpha value is -2.11. The minimum Gasteiger partial charge on any atom is -0.370 e. The standard InChI is InChI=1S/C15H24N6/c1-7-16-12-8-13(19-14(18-12)15(3,4)5)17-11-9-21(6)20-10(11)2/h8-9H,7H2,1-6H3,(H2,16,17,18,19). The molecule has 0 saturated carbocycles. The van der Waals surface area contributed by atoms with Crippen molar-refractivity contribution in [3.8, 4) is 0 Å². The molecule has 0 radical (unpaired) electrons. The van der Waals surface area contributed by atoms with Crippen LogP contribution >= 0.6 is 0 Å². The Bertz CT molecular complexity index is 624. The molecule has 114 valence electrons. The zero-order chi connectivity index (χ0) is 15.6. The first kappa shape index (κ1) is 15.3. The second-order valence-corrected chi connectivity index (χ2v) is 6.17. The summed E-state index contributed by atoms with van der Waals surface area (Å²) in [6.45, 7) is 11.2. The van der Waals surface area contributed by atoms with Gasteiger partial charge in [-0.2, -0.15) is 5.10 Å². The first-order chi connectivity index (χ1) is 9.79. The lowest BCUT2D eigenvalue weighted by Gasteiger charge is -2.19. The van der Waals surface area contributed by atoms with Crippen LogP contribution in [0.3, 0.4) is 0 Å². The summed E-state index contributed by atoms with van der Waals surface area (Å²) in [5.74, 6) is 2.42. The van der Waals surface area contributed by atoms with E-state index in [0.29, 0.717) is 0 Å². The van der Waals surface area contributed by atoms with E-state index in [2.05, 4.69) is 53.4 Å². The Morgan fingerprint density at radius 2 is 1.86 bits per heavy atom. The van der Waals surface area contributed by atoms with Crippen molar-refractivity contribution in [2.75, 3.05) is 17.2 Å². The summed E-state index contributed by atoms with van der Waals surface area (Å²) < 4.78 is 1.79. The van der Waals surface area contributed by atoms with Gasteiger partial charge in [0.25, 0.3) is 0 Å². The van der Waals surface area contributed by atoms with E-state index in [1.54, 1.807) is 4.68 Å². The first-order valence-electron chi connectivity index (χ1n) is 7.20. The van der Waals surface area contributed by atoms with Crippen molar-refractivity contribution >= 4 is 17.3 Å². The highest BCUT2D eigenvalue weighted by molar-refractivity contribution is 5.60. The number of aromatic nitrogens is 4. The molecule has 0 aliphatic heterocycles. The molecule has 2 aromatic heterocycles. The summed E-state index contributed by atoms with van der Waals surface area (Å²) in [6, 6.07) is 1.92. The number of aryl methyl sites for hydroxylation is 2. The minimum atomic E-state index is -0.105. The van der Waals surface area contributed by atoms with E-state index in [-0.39, 0.29) is 5.41 Å². The molecule has 0 unspecified atom stereocenters. The molecule has 2 aromatic rings. The number of hydrogen-bond acceptors (Lipinski definition) is 5. The van der Waals surface area contributed by atoms with Crippen LogP contribution in [0.4, 0.5) is 17.3 Å². The van der Waals surface area contributed by atoms with E-state index in [1.807, 2.05) is 26.2 Å². The van der Waals surface area contributed by atoms with Gasteiger partial charge in [-0.3, -0.25) is 4.68 Å². The van der Waals surface area contributed by atoms with Gasteiger partial charge in [0, 0.05) is 31.3 Å². The average molecular weight is 288 g/mol. The summed E-state index contributed by atoms with van der Waals surface area (Å²) in [6.07, 6.45) is 1.95. The molecule has 0 bridgehead atoms. The fourth-order valence-electron chi connectivity index (χ4n) is 1.98. The van der Waals surface area contributed by atoms with Gasteiger partial charge in [-0.15, -0.1) is 0 Å². The minimum absolute atomic E-state index is 0.105. The molecule has 6 heteroatoms. The van der Waals surface area contributed by atoms with E-state index in [9.17, 15) is 0 Å². The van der Waals surface area contributed by atoms with Crippen LogP contribution in [0.5, 0.6) is 0 Å². The number of hydrogen-bond donors (Lipinski definition) is 2. The predicted octanol–water partition coefficient (Wildman–Crippen LogP) is 2.99. The van der Waals surface area contributed by atoms with Crippen LogP contribution in [0.15, 0.2) is 12.3 Å². The van der Waals surface area contributed by atoms with Gasteiger partial charge in [0.2, 0.25) is 0 Å². The molecule has 2 rings (SSSR count). The highest BCUT2D eigenvalue weighted by Gasteiger charge is 2.19. The van der Waals surface area contributed by atoms with Crippen molar-refractivity contribution in [3.63, 3.8) is 0 Å². The lowest BCUT2D eigenvalue weighted by Crippen LogP contribution is -2.18. The highest BCUT2D eigenvalue weighted by atomic mass is 15.3. The Balaban J connectivity index is 2.38. The third kappa shape index (κ3) is 3.71. The normalized spacial score (nSPS) is 11.5. The van der Waals surface area contributed by atoms with Gasteiger partial charge in [-0.1, -0.05) is 20.8 Å². The van der Waals surface area contributed by atoms with Crippen LogP contribution in [0, 0.1) is 6.92 Å². The third-order valence-corrected chi connectivity index (χ3v) is 3.03. The average Bonchev–Trinajstić information content (AvgIpc) is 2.67.